The van der Waals surface area contributed by atoms with Crippen LogP contribution in [0.1, 0.15) is 12.5 Å². The zero-order valence-corrected chi connectivity index (χ0v) is 13.4. The molecule has 3 N–H and O–H groups in total. The van der Waals surface area contributed by atoms with E-state index in [0.29, 0.717) is 0 Å². The molecule has 0 aliphatic carbocycles. The number of nitrogens with one attached hydrogen (secondary N) is 1. The number of thioether (sulfide) groups is 1. The molecule has 0 unspecified atom stereocenters. The van der Waals surface area contributed by atoms with Crippen molar-refractivity contribution < 1.29 is 9.59 Å². The number of primary amides is 1. The van der Waals surface area contributed by atoms with Crippen LogP contribution >= 0.6 is 11.8 Å². The molecule has 0 aliphatic rings. The van der Waals surface area contributed by atoms with Gasteiger partial charge < -0.3 is 11.1 Å². The quantitative estimate of drug-likeness (QED) is 0.822. The fraction of sp³-hybridized carbons (Fsp3) is 0.294. The number of fused-ring (bicyclic) bond motifs is 1. The lowest BCUT2D eigenvalue weighted by molar-refractivity contribution is -0.119. The number of nitrogens with two attached hydrogens (primary N) is 1. The van der Waals surface area contributed by atoms with Crippen LogP contribution in [0.4, 0.5) is 0 Å². The average Bonchev–Trinajstić information content (AvgIpc) is 2.46. The van der Waals surface area contributed by atoms with E-state index in [0.717, 1.165) is 6.42 Å². The van der Waals surface area contributed by atoms with E-state index in [4.69, 9.17) is 5.73 Å². The summed E-state index contributed by atoms with van der Waals surface area (Å²) in [5, 5.41) is 5.36. The smallest absolute Gasteiger partial charge is 0.230 e. The highest BCUT2D eigenvalue weighted by Gasteiger charge is 2.09. The molecule has 116 valence electrons. The number of benzene rings is 2. The zero-order chi connectivity index (χ0) is 15.9. The Kier molecular flexibility index (Phi) is 5.83. The second-order valence-corrected chi connectivity index (χ2v) is 6.30. The average molecular weight is 316 g/mol. The van der Waals surface area contributed by atoms with Crippen molar-refractivity contribution in [3.8, 4) is 0 Å². The van der Waals surface area contributed by atoms with Gasteiger partial charge in [-0.25, -0.2) is 0 Å². The van der Waals surface area contributed by atoms with E-state index in [1.165, 1.54) is 28.1 Å². The Morgan fingerprint density at radius 2 is 1.86 bits per heavy atom. The minimum Gasteiger partial charge on any atom is -0.369 e. The molecule has 0 fully saturated rings. The summed E-state index contributed by atoms with van der Waals surface area (Å²) in [4.78, 5) is 22.4. The molecule has 0 saturated carbocycles. The molecule has 0 saturated heterocycles. The fourth-order valence-corrected chi connectivity index (χ4v) is 2.90. The fourth-order valence-electron chi connectivity index (χ4n) is 2.33. The van der Waals surface area contributed by atoms with Crippen LogP contribution in [-0.4, -0.2) is 29.4 Å². The van der Waals surface area contributed by atoms with Crippen LogP contribution in [0.2, 0.25) is 0 Å². The summed E-state index contributed by atoms with van der Waals surface area (Å²) in [6.45, 7) is 1.98. The van der Waals surface area contributed by atoms with Gasteiger partial charge in [-0.1, -0.05) is 42.5 Å². The maximum absolute atomic E-state index is 11.8. The van der Waals surface area contributed by atoms with Crippen molar-refractivity contribution >= 4 is 34.3 Å². The van der Waals surface area contributed by atoms with Gasteiger partial charge in [-0.05, 0) is 29.7 Å². The molecule has 1 atom stereocenters. The maximum atomic E-state index is 11.8. The molecular formula is C17H20N2O2S. The lowest BCUT2D eigenvalue weighted by Gasteiger charge is -2.14. The van der Waals surface area contributed by atoms with E-state index in [9.17, 15) is 9.59 Å². The summed E-state index contributed by atoms with van der Waals surface area (Å²) in [6.07, 6.45) is 0.775. The molecule has 2 rings (SSSR count). The molecule has 0 radical (unpaired) electrons. The first-order valence-corrected chi connectivity index (χ1v) is 8.33. The molecule has 0 spiro atoms. The van der Waals surface area contributed by atoms with Gasteiger partial charge in [-0.3, -0.25) is 9.59 Å². The Hall–Kier alpha value is -2.01. The van der Waals surface area contributed by atoms with Crippen LogP contribution < -0.4 is 11.1 Å². The van der Waals surface area contributed by atoms with Gasteiger partial charge in [0.05, 0.1) is 11.5 Å². The van der Waals surface area contributed by atoms with Crippen molar-refractivity contribution in [2.45, 2.75) is 19.4 Å². The minimum absolute atomic E-state index is 0.0443. The van der Waals surface area contributed by atoms with Gasteiger partial charge in [0.25, 0.3) is 0 Å². The van der Waals surface area contributed by atoms with Gasteiger partial charge in [0.15, 0.2) is 0 Å². The Morgan fingerprint density at radius 3 is 2.59 bits per heavy atom. The number of rotatable bonds is 7. The summed E-state index contributed by atoms with van der Waals surface area (Å²) in [5.74, 6) is -0.0427. The second-order valence-electron chi connectivity index (χ2n) is 5.31. The summed E-state index contributed by atoms with van der Waals surface area (Å²) < 4.78 is 0. The van der Waals surface area contributed by atoms with Crippen LogP contribution in [0, 0.1) is 0 Å². The largest absolute Gasteiger partial charge is 0.369 e. The first-order valence-electron chi connectivity index (χ1n) is 7.17. The number of carbonyl (C=O) groups excluding carboxylic acids is 2. The normalized spacial score (nSPS) is 12.0. The van der Waals surface area contributed by atoms with Gasteiger partial charge in [0.1, 0.15) is 0 Å². The van der Waals surface area contributed by atoms with Crippen LogP contribution in [-0.2, 0) is 16.0 Å². The summed E-state index contributed by atoms with van der Waals surface area (Å²) >= 11 is 1.23. The maximum Gasteiger partial charge on any atom is 0.230 e. The molecular weight excluding hydrogens is 296 g/mol. The molecule has 4 nitrogen and oxygen atoms in total. The van der Waals surface area contributed by atoms with E-state index in [-0.39, 0.29) is 23.5 Å². The third-order valence-electron chi connectivity index (χ3n) is 3.24. The van der Waals surface area contributed by atoms with Crippen molar-refractivity contribution in [2.75, 3.05) is 11.5 Å². The van der Waals surface area contributed by atoms with Crippen molar-refractivity contribution in [1.82, 2.24) is 5.32 Å². The number of amides is 2. The van der Waals surface area contributed by atoms with Gasteiger partial charge in [-0.15, -0.1) is 11.8 Å². The van der Waals surface area contributed by atoms with Crippen molar-refractivity contribution in [3.63, 3.8) is 0 Å². The third kappa shape index (κ3) is 5.07. The Labute approximate surface area is 134 Å². The van der Waals surface area contributed by atoms with E-state index >= 15 is 0 Å². The molecule has 0 heterocycles. The predicted molar refractivity (Wildman–Crippen MR) is 91.8 cm³/mol. The van der Waals surface area contributed by atoms with E-state index in [1.807, 2.05) is 19.1 Å². The molecule has 0 aliphatic heterocycles. The third-order valence-corrected chi connectivity index (χ3v) is 4.20. The van der Waals surface area contributed by atoms with Gasteiger partial charge in [-0.2, -0.15) is 0 Å². The first kappa shape index (κ1) is 16.4. The standard InChI is InChI=1S/C17H20N2O2S/c1-12(19-17(21)11-22-10-16(18)20)8-13-6-7-14-4-2-3-5-15(14)9-13/h2-7,9,12H,8,10-11H2,1H3,(H2,18,20)(H,19,21)/t12-/m1/s1. The first-order chi connectivity index (χ1) is 10.5. The highest BCUT2D eigenvalue weighted by atomic mass is 32.2. The lowest BCUT2D eigenvalue weighted by atomic mass is 10.0. The van der Waals surface area contributed by atoms with Crippen LogP contribution in [0.5, 0.6) is 0 Å². The Bertz CT molecular complexity index is 673. The van der Waals surface area contributed by atoms with Crippen molar-refractivity contribution in [1.29, 1.82) is 0 Å². The molecule has 0 aromatic heterocycles. The number of carbonyl (C=O) groups is 2. The zero-order valence-electron chi connectivity index (χ0n) is 12.5. The monoisotopic (exact) mass is 316 g/mol. The number of hydrogen-bond donors (Lipinski definition) is 2. The second kappa shape index (κ2) is 7.84. The molecule has 0 bridgehead atoms. The highest BCUT2D eigenvalue weighted by molar-refractivity contribution is 8.00. The SMILES string of the molecule is C[C@H](Cc1ccc2ccccc2c1)NC(=O)CSCC(N)=O. The Morgan fingerprint density at radius 1 is 1.14 bits per heavy atom. The predicted octanol–water partition coefficient (Wildman–Crippen LogP) is 2.11. The van der Waals surface area contributed by atoms with Crippen molar-refractivity contribution in [2.24, 2.45) is 5.73 Å². The van der Waals surface area contributed by atoms with Crippen LogP contribution in [0.15, 0.2) is 42.5 Å². The summed E-state index contributed by atoms with van der Waals surface area (Å²) in [7, 11) is 0. The van der Waals surface area contributed by atoms with E-state index < -0.39 is 5.91 Å². The Balaban J connectivity index is 1.86. The summed E-state index contributed by atoms with van der Waals surface area (Å²) in [6, 6.07) is 14.6. The van der Waals surface area contributed by atoms with Gasteiger partial charge >= 0.3 is 0 Å². The number of hydrogen-bond acceptors (Lipinski definition) is 3. The minimum atomic E-state index is -0.401. The lowest BCUT2D eigenvalue weighted by Crippen LogP contribution is -2.35. The van der Waals surface area contributed by atoms with Gasteiger partial charge in [0, 0.05) is 6.04 Å². The highest BCUT2D eigenvalue weighted by Crippen LogP contribution is 2.16. The molecule has 2 amide bonds. The molecule has 22 heavy (non-hydrogen) atoms. The molecule has 2 aromatic rings. The van der Waals surface area contributed by atoms with Crippen LogP contribution in [0.25, 0.3) is 10.8 Å². The topological polar surface area (TPSA) is 72.2 Å². The van der Waals surface area contributed by atoms with Crippen LogP contribution in [0.3, 0.4) is 0 Å². The molecule has 2 aromatic carbocycles. The summed E-state index contributed by atoms with van der Waals surface area (Å²) in [5.41, 5.74) is 6.23. The molecule has 5 heteroatoms. The van der Waals surface area contributed by atoms with E-state index in [1.54, 1.807) is 0 Å². The van der Waals surface area contributed by atoms with Crippen molar-refractivity contribution in [3.05, 3.63) is 48.0 Å². The van der Waals surface area contributed by atoms with Gasteiger partial charge in [0.2, 0.25) is 11.8 Å². The van der Waals surface area contributed by atoms with E-state index in [2.05, 4.69) is 35.6 Å².